The SMILES string of the molecule is CCOc1cc(F)ccc1-c1ccc(O)c(C=O)c1. The smallest absolute Gasteiger partial charge is 0.153 e. The van der Waals surface area contributed by atoms with Gasteiger partial charge in [-0.2, -0.15) is 0 Å². The van der Waals surface area contributed by atoms with Gasteiger partial charge in [0, 0.05) is 11.6 Å². The Kier molecular flexibility index (Phi) is 3.80. The van der Waals surface area contributed by atoms with E-state index >= 15 is 0 Å². The van der Waals surface area contributed by atoms with Gasteiger partial charge in [0.05, 0.1) is 12.2 Å². The Bertz CT molecular complexity index is 608. The number of phenols is 1. The predicted octanol–water partition coefficient (Wildman–Crippen LogP) is 3.41. The van der Waals surface area contributed by atoms with Gasteiger partial charge in [-0.05, 0) is 36.8 Å². The highest BCUT2D eigenvalue weighted by atomic mass is 19.1. The first-order chi connectivity index (χ1) is 9.15. The minimum Gasteiger partial charge on any atom is -0.507 e. The fourth-order valence-corrected chi connectivity index (χ4v) is 1.83. The van der Waals surface area contributed by atoms with Crippen LogP contribution in [0.4, 0.5) is 4.39 Å². The van der Waals surface area contributed by atoms with Crippen LogP contribution >= 0.6 is 0 Å². The lowest BCUT2D eigenvalue weighted by Gasteiger charge is -2.11. The molecule has 1 N–H and O–H groups in total. The fourth-order valence-electron chi connectivity index (χ4n) is 1.83. The molecular weight excluding hydrogens is 247 g/mol. The molecule has 0 radical (unpaired) electrons. The van der Waals surface area contributed by atoms with Gasteiger partial charge >= 0.3 is 0 Å². The zero-order valence-electron chi connectivity index (χ0n) is 10.4. The normalized spacial score (nSPS) is 10.2. The first kappa shape index (κ1) is 13.1. The zero-order chi connectivity index (χ0) is 13.8. The minimum absolute atomic E-state index is 0.0844. The van der Waals surface area contributed by atoms with Crippen LogP contribution < -0.4 is 4.74 Å². The highest BCUT2D eigenvalue weighted by molar-refractivity contribution is 5.83. The van der Waals surface area contributed by atoms with Crippen LogP contribution in [-0.2, 0) is 0 Å². The molecule has 0 saturated carbocycles. The van der Waals surface area contributed by atoms with E-state index in [1.54, 1.807) is 12.1 Å². The van der Waals surface area contributed by atoms with E-state index in [1.807, 2.05) is 6.92 Å². The predicted molar refractivity (Wildman–Crippen MR) is 70.1 cm³/mol. The molecule has 98 valence electrons. The topological polar surface area (TPSA) is 46.5 Å². The van der Waals surface area contributed by atoms with Crippen LogP contribution in [0.1, 0.15) is 17.3 Å². The van der Waals surface area contributed by atoms with Gasteiger partial charge in [-0.3, -0.25) is 4.79 Å². The van der Waals surface area contributed by atoms with Crippen molar-refractivity contribution in [2.45, 2.75) is 6.92 Å². The number of hydrogen-bond donors (Lipinski definition) is 1. The lowest BCUT2D eigenvalue weighted by Crippen LogP contribution is -1.95. The van der Waals surface area contributed by atoms with Crippen molar-refractivity contribution in [1.29, 1.82) is 0 Å². The van der Waals surface area contributed by atoms with Gasteiger partial charge in [-0.1, -0.05) is 6.07 Å². The summed E-state index contributed by atoms with van der Waals surface area (Å²) in [4.78, 5) is 10.8. The van der Waals surface area contributed by atoms with Crippen molar-refractivity contribution >= 4 is 6.29 Å². The van der Waals surface area contributed by atoms with Gasteiger partial charge < -0.3 is 9.84 Å². The van der Waals surface area contributed by atoms with Crippen LogP contribution in [-0.4, -0.2) is 18.0 Å². The summed E-state index contributed by atoms with van der Waals surface area (Å²) in [6, 6.07) is 8.83. The summed E-state index contributed by atoms with van der Waals surface area (Å²) in [5.74, 6) is -0.0644. The maximum Gasteiger partial charge on any atom is 0.153 e. The van der Waals surface area contributed by atoms with Gasteiger partial charge in [0.1, 0.15) is 17.3 Å². The van der Waals surface area contributed by atoms with Crippen molar-refractivity contribution in [2.24, 2.45) is 0 Å². The maximum atomic E-state index is 13.2. The first-order valence-corrected chi connectivity index (χ1v) is 5.86. The Morgan fingerprint density at radius 2 is 2.05 bits per heavy atom. The third kappa shape index (κ3) is 2.73. The van der Waals surface area contributed by atoms with Crippen molar-refractivity contribution in [2.75, 3.05) is 6.61 Å². The molecule has 0 heterocycles. The molecule has 0 aliphatic rings. The van der Waals surface area contributed by atoms with Crippen molar-refractivity contribution in [3.63, 3.8) is 0 Å². The van der Waals surface area contributed by atoms with E-state index in [9.17, 15) is 14.3 Å². The third-order valence-electron chi connectivity index (χ3n) is 2.71. The van der Waals surface area contributed by atoms with Crippen molar-refractivity contribution in [1.82, 2.24) is 0 Å². The van der Waals surface area contributed by atoms with E-state index in [4.69, 9.17) is 4.74 Å². The van der Waals surface area contributed by atoms with E-state index in [1.165, 1.54) is 24.3 Å². The molecule has 0 unspecified atom stereocenters. The number of rotatable bonds is 4. The Morgan fingerprint density at radius 1 is 1.26 bits per heavy atom. The number of ether oxygens (including phenoxy) is 1. The lowest BCUT2D eigenvalue weighted by atomic mass is 10.0. The Labute approximate surface area is 110 Å². The molecule has 2 aromatic carbocycles. The number of phenolic OH excluding ortho intramolecular Hbond substituents is 1. The molecule has 0 fully saturated rings. The van der Waals surface area contributed by atoms with Gasteiger partial charge in [-0.25, -0.2) is 4.39 Å². The van der Waals surface area contributed by atoms with E-state index in [2.05, 4.69) is 0 Å². The molecule has 0 spiro atoms. The third-order valence-corrected chi connectivity index (χ3v) is 2.71. The number of carbonyl (C=O) groups excluding carboxylic acids is 1. The van der Waals surface area contributed by atoms with Gasteiger partial charge in [-0.15, -0.1) is 0 Å². The molecular formula is C15H13FO3. The average molecular weight is 260 g/mol. The van der Waals surface area contributed by atoms with E-state index in [0.717, 1.165) is 0 Å². The second kappa shape index (κ2) is 5.52. The van der Waals surface area contributed by atoms with Crippen molar-refractivity contribution in [3.8, 4) is 22.6 Å². The van der Waals surface area contributed by atoms with Crippen LogP contribution in [0.3, 0.4) is 0 Å². The summed E-state index contributed by atoms with van der Waals surface area (Å²) in [7, 11) is 0. The quantitative estimate of drug-likeness (QED) is 0.857. The van der Waals surface area contributed by atoms with Crippen molar-refractivity contribution in [3.05, 3.63) is 47.8 Å². The molecule has 0 bridgehead atoms. The minimum atomic E-state index is -0.387. The largest absolute Gasteiger partial charge is 0.507 e. The van der Waals surface area contributed by atoms with Gasteiger partial charge in [0.2, 0.25) is 0 Å². The molecule has 2 aromatic rings. The standard InChI is InChI=1S/C15H13FO3/c1-2-19-15-8-12(16)4-5-13(15)10-3-6-14(18)11(7-10)9-17/h3-9,18H,2H2,1H3. The molecule has 0 aromatic heterocycles. The first-order valence-electron chi connectivity index (χ1n) is 5.86. The number of hydrogen-bond acceptors (Lipinski definition) is 3. The molecule has 4 heteroatoms. The Hall–Kier alpha value is -2.36. The fraction of sp³-hybridized carbons (Fsp3) is 0.133. The van der Waals surface area contributed by atoms with E-state index < -0.39 is 0 Å². The number of carbonyl (C=O) groups is 1. The molecule has 0 aliphatic carbocycles. The summed E-state index contributed by atoms with van der Waals surface area (Å²) < 4.78 is 18.6. The summed E-state index contributed by atoms with van der Waals surface area (Å²) in [5, 5.41) is 9.48. The zero-order valence-corrected chi connectivity index (χ0v) is 10.4. The number of benzene rings is 2. The van der Waals surface area contributed by atoms with E-state index in [0.29, 0.717) is 29.8 Å². The van der Waals surface area contributed by atoms with E-state index in [-0.39, 0.29) is 17.1 Å². The van der Waals surface area contributed by atoms with Crippen LogP contribution in [0.15, 0.2) is 36.4 Å². The van der Waals surface area contributed by atoms with Gasteiger partial charge in [0.15, 0.2) is 6.29 Å². The molecule has 2 rings (SSSR count). The van der Waals surface area contributed by atoms with Crippen LogP contribution in [0.5, 0.6) is 11.5 Å². The number of aromatic hydroxyl groups is 1. The summed E-state index contributed by atoms with van der Waals surface area (Å²) in [6.07, 6.45) is 0.572. The molecule has 19 heavy (non-hydrogen) atoms. The maximum absolute atomic E-state index is 13.2. The summed E-state index contributed by atoms with van der Waals surface area (Å²) in [6.45, 7) is 2.22. The lowest BCUT2D eigenvalue weighted by molar-refractivity contribution is 0.112. The highest BCUT2D eigenvalue weighted by Crippen LogP contribution is 2.32. The number of aldehydes is 1. The van der Waals surface area contributed by atoms with Crippen LogP contribution in [0.25, 0.3) is 11.1 Å². The molecule has 0 atom stereocenters. The van der Waals surface area contributed by atoms with Crippen LogP contribution in [0.2, 0.25) is 0 Å². The average Bonchev–Trinajstić information content (AvgIpc) is 2.40. The second-order valence-electron chi connectivity index (χ2n) is 3.96. The highest BCUT2D eigenvalue weighted by Gasteiger charge is 2.10. The monoisotopic (exact) mass is 260 g/mol. The molecule has 0 amide bonds. The summed E-state index contributed by atoms with van der Waals surface area (Å²) in [5.41, 5.74) is 1.54. The Balaban J connectivity index is 2.54. The molecule has 3 nitrogen and oxygen atoms in total. The number of halogens is 1. The van der Waals surface area contributed by atoms with Gasteiger partial charge in [0.25, 0.3) is 0 Å². The van der Waals surface area contributed by atoms with Crippen molar-refractivity contribution < 1.29 is 19.0 Å². The Morgan fingerprint density at radius 3 is 2.74 bits per heavy atom. The molecule has 0 aliphatic heterocycles. The van der Waals surface area contributed by atoms with Crippen LogP contribution in [0, 0.1) is 5.82 Å². The molecule has 0 saturated heterocycles. The second-order valence-corrected chi connectivity index (χ2v) is 3.96. The summed E-state index contributed by atoms with van der Waals surface area (Å²) >= 11 is 0.